The molecule has 136 valence electrons. The first kappa shape index (κ1) is 19.2. The molecule has 1 aromatic rings. The quantitative estimate of drug-likeness (QED) is 0.816. The molecule has 1 saturated heterocycles. The number of carbonyl (C=O) groups excluding carboxylic acids is 1. The highest BCUT2D eigenvalue weighted by atomic mass is 32.2. The van der Waals surface area contributed by atoms with Gasteiger partial charge in [0.05, 0.1) is 17.4 Å². The minimum atomic E-state index is -3.71. The minimum Gasteiger partial charge on any atom is -0.444 e. The molecule has 25 heavy (non-hydrogen) atoms. The first-order valence-corrected chi connectivity index (χ1v) is 9.86. The molecular weight excluding hydrogens is 342 g/mol. The Bertz CT molecular complexity index is 778. The Hall–Kier alpha value is -2.14. The Labute approximate surface area is 148 Å². The van der Waals surface area contributed by atoms with Crippen LogP contribution in [0.3, 0.4) is 0 Å². The van der Waals surface area contributed by atoms with Gasteiger partial charge in [-0.3, -0.25) is 0 Å². The van der Waals surface area contributed by atoms with Crippen molar-refractivity contribution in [3.8, 4) is 6.07 Å². The molecular formula is C17H23N3O4S. The third-order valence-electron chi connectivity index (χ3n) is 3.85. The summed E-state index contributed by atoms with van der Waals surface area (Å²) in [4.78, 5) is 17.8. The van der Waals surface area contributed by atoms with Crippen LogP contribution < -0.4 is 0 Å². The molecule has 0 saturated carbocycles. The molecule has 1 aliphatic heterocycles. The van der Waals surface area contributed by atoms with Gasteiger partial charge >= 0.3 is 6.09 Å². The van der Waals surface area contributed by atoms with Gasteiger partial charge in [0, 0.05) is 18.8 Å². The predicted molar refractivity (Wildman–Crippen MR) is 91.6 cm³/mol. The van der Waals surface area contributed by atoms with Crippen LogP contribution in [-0.2, 0) is 14.6 Å². The lowest BCUT2D eigenvalue weighted by Crippen LogP contribution is -2.48. The zero-order valence-electron chi connectivity index (χ0n) is 14.7. The Morgan fingerprint density at radius 3 is 2.80 bits per heavy atom. The zero-order valence-corrected chi connectivity index (χ0v) is 15.5. The number of pyridine rings is 1. The largest absolute Gasteiger partial charge is 0.444 e. The van der Waals surface area contributed by atoms with Crippen molar-refractivity contribution in [3.05, 3.63) is 23.9 Å². The van der Waals surface area contributed by atoms with Gasteiger partial charge in [-0.1, -0.05) is 0 Å². The van der Waals surface area contributed by atoms with Crippen molar-refractivity contribution in [3.63, 3.8) is 0 Å². The van der Waals surface area contributed by atoms with Crippen LogP contribution in [0.1, 0.15) is 45.6 Å². The highest BCUT2D eigenvalue weighted by Crippen LogP contribution is 2.23. The van der Waals surface area contributed by atoms with E-state index in [1.54, 1.807) is 20.8 Å². The SMILES string of the molecule is CC(C)(C)OC(=O)N1CCCC[C@@H]1CS(=O)(=O)c1cc(C#N)ccn1. The molecule has 1 fully saturated rings. The molecule has 0 bridgehead atoms. The Balaban J connectivity index is 2.20. The lowest BCUT2D eigenvalue weighted by Gasteiger charge is -2.36. The second-order valence-corrected chi connectivity index (χ2v) is 9.08. The zero-order chi connectivity index (χ0) is 18.7. The van der Waals surface area contributed by atoms with E-state index in [1.165, 1.54) is 23.2 Å². The number of carbonyl (C=O) groups is 1. The highest BCUT2D eigenvalue weighted by Gasteiger charge is 2.34. The molecule has 8 heteroatoms. The first-order valence-electron chi connectivity index (χ1n) is 8.21. The molecule has 7 nitrogen and oxygen atoms in total. The maximum Gasteiger partial charge on any atom is 0.410 e. The molecule has 1 aromatic heterocycles. The van der Waals surface area contributed by atoms with Gasteiger partial charge in [-0.2, -0.15) is 5.26 Å². The van der Waals surface area contributed by atoms with Crippen molar-refractivity contribution >= 4 is 15.9 Å². The maximum atomic E-state index is 12.7. The monoisotopic (exact) mass is 365 g/mol. The highest BCUT2D eigenvalue weighted by molar-refractivity contribution is 7.91. The summed E-state index contributed by atoms with van der Waals surface area (Å²) in [5, 5.41) is 8.79. The van der Waals surface area contributed by atoms with Crippen LogP contribution in [0.5, 0.6) is 0 Å². The summed E-state index contributed by atoms with van der Waals surface area (Å²) in [6.07, 6.45) is 3.07. The lowest BCUT2D eigenvalue weighted by molar-refractivity contribution is 0.0124. The number of piperidine rings is 1. The van der Waals surface area contributed by atoms with Gasteiger partial charge in [-0.15, -0.1) is 0 Å². The van der Waals surface area contributed by atoms with Gasteiger partial charge in [0.1, 0.15) is 5.60 Å². The van der Waals surface area contributed by atoms with Crippen molar-refractivity contribution < 1.29 is 17.9 Å². The van der Waals surface area contributed by atoms with Gasteiger partial charge in [0.2, 0.25) is 0 Å². The average molecular weight is 365 g/mol. The van der Waals surface area contributed by atoms with Crippen LogP contribution in [0.25, 0.3) is 0 Å². The molecule has 2 rings (SSSR count). The fraction of sp³-hybridized carbons (Fsp3) is 0.588. The number of rotatable bonds is 3. The second-order valence-electron chi connectivity index (χ2n) is 7.10. The van der Waals surface area contributed by atoms with Gasteiger partial charge in [0.15, 0.2) is 14.9 Å². The summed E-state index contributed by atoms with van der Waals surface area (Å²) in [6.45, 7) is 5.80. The summed E-state index contributed by atoms with van der Waals surface area (Å²) in [5.74, 6) is -0.228. The minimum absolute atomic E-state index is 0.138. The van der Waals surface area contributed by atoms with Crippen LogP contribution >= 0.6 is 0 Å². The third-order valence-corrected chi connectivity index (χ3v) is 5.53. The molecule has 0 aliphatic carbocycles. The van der Waals surface area contributed by atoms with E-state index < -0.39 is 27.6 Å². The predicted octanol–water partition coefficient (Wildman–Crippen LogP) is 2.52. The number of sulfone groups is 1. The van der Waals surface area contributed by atoms with E-state index in [1.807, 2.05) is 6.07 Å². The topological polar surface area (TPSA) is 100 Å². The Morgan fingerprint density at radius 1 is 1.44 bits per heavy atom. The van der Waals surface area contributed by atoms with Gasteiger partial charge in [0.25, 0.3) is 0 Å². The number of hydrogen-bond donors (Lipinski definition) is 0. The molecule has 1 amide bonds. The molecule has 0 radical (unpaired) electrons. The van der Waals surface area contributed by atoms with Crippen molar-refractivity contribution in [1.82, 2.24) is 9.88 Å². The second kappa shape index (κ2) is 7.40. The van der Waals surface area contributed by atoms with Gasteiger partial charge in [-0.05, 0) is 52.2 Å². The van der Waals surface area contributed by atoms with Crippen LogP contribution in [0.4, 0.5) is 4.79 Å². The Morgan fingerprint density at radius 2 is 2.16 bits per heavy atom. The molecule has 2 heterocycles. The first-order chi connectivity index (χ1) is 11.6. The van der Waals surface area contributed by atoms with E-state index in [0.717, 1.165) is 12.8 Å². The number of aromatic nitrogens is 1. The van der Waals surface area contributed by atoms with Crippen molar-refractivity contribution in [2.75, 3.05) is 12.3 Å². The van der Waals surface area contributed by atoms with Gasteiger partial charge < -0.3 is 9.64 Å². The Kier molecular flexibility index (Phi) is 5.68. The van der Waals surface area contributed by atoms with E-state index in [-0.39, 0.29) is 16.3 Å². The van der Waals surface area contributed by atoms with Crippen molar-refractivity contribution in [2.24, 2.45) is 0 Å². The van der Waals surface area contributed by atoms with Crippen LogP contribution in [-0.4, -0.2) is 48.3 Å². The van der Waals surface area contributed by atoms with E-state index in [2.05, 4.69) is 4.98 Å². The summed E-state index contributed by atoms with van der Waals surface area (Å²) >= 11 is 0. The maximum absolute atomic E-state index is 12.7. The molecule has 0 N–H and O–H groups in total. The van der Waals surface area contributed by atoms with Crippen LogP contribution in [0, 0.1) is 11.3 Å². The number of hydrogen-bond acceptors (Lipinski definition) is 6. The van der Waals surface area contributed by atoms with E-state index in [9.17, 15) is 13.2 Å². The third kappa shape index (κ3) is 5.16. The standard InChI is InChI=1S/C17H23N3O4S/c1-17(2,3)24-16(21)20-9-5-4-6-14(20)12-25(22,23)15-10-13(11-18)7-8-19-15/h7-8,10,14H,4-6,9,12H2,1-3H3/t14-/m1/s1. The molecule has 0 unspecified atom stereocenters. The van der Waals surface area contributed by atoms with Gasteiger partial charge in [-0.25, -0.2) is 18.2 Å². The normalized spacial score (nSPS) is 18.5. The number of amides is 1. The summed E-state index contributed by atoms with van der Waals surface area (Å²) in [6, 6.07) is 4.16. The molecule has 1 atom stereocenters. The molecule has 0 aromatic carbocycles. The number of nitrogens with zero attached hydrogens (tertiary/aromatic N) is 3. The van der Waals surface area contributed by atoms with E-state index >= 15 is 0 Å². The molecule has 0 spiro atoms. The lowest BCUT2D eigenvalue weighted by atomic mass is 10.0. The number of ether oxygens (including phenoxy) is 1. The average Bonchev–Trinajstić information content (AvgIpc) is 2.53. The fourth-order valence-electron chi connectivity index (χ4n) is 2.72. The fourth-order valence-corrected chi connectivity index (χ4v) is 4.27. The van der Waals surface area contributed by atoms with E-state index in [0.29, 0.717) is 13.0 Å². The van der Waals surface area contributed by atoms with Crippen molar-refractivity contribution in [2.45, 2.75) is 56.7 Å². The summed E-state index contributed by atoms with van der Waals surface area (Å²) < 4.78 is 30.7. The van der Waals surface area contributed by atoms with E-state index in [4.69, 9.17) is 10.00 Å². The van der Waals surface area contributed by atoms with Crippen molar-refractivity contribution in [1.29, 1.82) is 5.26 Å². The number of nitriles is 1. The molecule has 1 aliphatic rings. The summed E-state index contributed by atoms with van der Waals surface area (Å²) in [5.41, 5.74) is -0.401. The number of likely N-dealkylation sites (tertiary alicyclic amines) is 1. The van der Waals surface area contributed by atoms with Crippen LogP contribution in [0.2, 0.25) is 0 Å². The summed E-state index contributed by atoms with van der Waals surface area (Å²) in [7, 11) is -3.71. The smallest absolute Gasteiger partial charge is 0.410 e. The van der Waals surface area contributed by atoms with Crippen LogP contribution in [0.15, 0.2) is 23.4 Å².